The summed E-state index contributed by atoms with van der Waals surface area (Å²) in [7, 11) is 0. The first-order chi connectivity index (χ1) is 30.5. The molecule has 0 heterocycles. The Balaban J connectivity index is 0.810. The molecule has 0 aromatic heterocycles. The predicted molar refractivity (Wildman–Crippen MR) is 235 cm³/mol. The van der Waals surface area contributed by atoms with Crippen molar-refractivity contribution in [1.82, 2.24) is 0 Å². The lowest BCUT2D eigenvalue weighted by Crippen LogP contribution is -2.18. The highest BCUT2D eigenvalue weighted by atomic mass is 16.7. The summed E-state index contributed by atoms with van der Waals surface area (Å²) >= 11 is 0. The van der Waals surface area contributed by atoms with Crippen LogP contribution in [0.4, 0.5) is 9.59 Å². The van der Waals surface area contributed by atoms with Gasteiger partial charge in [0.1, 0.15) is 19.8 Å². The number of carbonyl (C=O) groups is 3. The van der Waals surface area contributed by atoms with Crippen molar-refractivity contribution in [2.24, 2.45) is 0 Å². The zero-order chi connectivity index (χ0) is 42.0. The molecule has 3 aliphatic rings. The number of esters is 1. The summed E-state index contributed by atoms with van der Waals surface area (Å²) in [5, 5.41) is 0. The van der Waals surface area contributed by atoms with Gasteiger partial charge in [-0.15, -0.1) is 0 Å². The molecule has 0 fully saturated rings. The molecule has 0 unspecified atom stereocenters. The van der Waals surface area contributed by atoms with E-state index < -0.39 is 12.3 Å². The van der Waals surface area contributed by atoms with E-state index in [4.69, 9.17) is 23.7 Å². The van der Waals surface area contributed by atoms with Crippen molar-refractivity contribution in [3.05, 3.63) is 203 Å². The van der Waals surface area contributed by atoms with Gasteiger partial charge in [-0.3, -0.25) is 4.79 Å². The Kier molecular flexibility index (Phi) is 10.6. The van der Waals surface area contributed by atoms with Crippen LogP contribution in [-0.4, -0.2) is 38.1 Å². The SMILES string of the molecule is O=C(CCCc1ccc(OC(=O)OCC2c3ccccc3-c3ccccc32)c(OC(=O)OCC2c3ccccc3-c3ccccc32)c1)OCC1c2ccccc2-c2ccccc21. The highest BCUT2D eigenvalue weighted by molar-refractivity contribution is 5.81. The third-order valence-corrected chi connectivity index (χ3v) is 12.3. The molecule has 7 aromatic carbocycles. The molecule has 0 saturated heterocycles. The molecule has 0 N–H and O–H groups in total. The van der Waals surface area contributed by atoms with Gasteiger partial charge in [0.25, 0.3) is 0 Å². The first kappa shape index (κ1) is 38.7. The number of hydrogen-bond acceptors (Lipinski definition) is 8. The average Bonchev–Trinajstić information content (AvgIpc) is 3.93. The quantitative estimate of drug-likeness (QED) is 0.0683. The van der Waals surface area contributed by atoms with Crippen molar-refractivity contribution < 1.29 is 38.1 Å². The van der Waals surface area contributed by atoms with E-state index >= 15 is 0 Å². The van der Waals surface area contributed by atoms with Crippen molar-refractivity contribution in [3.8, 4) is 44.9 Å². The zero-order valence-electron chi connectivity index (χ0n) is 33.8. The van der Waals surface area contributed by atoms with Gasteiger partial charge in [-0.1, -0.05) is 152 Å². The van der Waals surface area contributed by atoms with Crippen LogP contribution in [-0.2, 0) is 25.4 Å². The number of aryl methyl sites for hydroxylation is 1. The van der Waals surface area contributed by atoms with Gasteiger partial charge in [-0.05, 0) is 97.3 Å². The van der Waals surface area contributed by atoms with E-state index in [2.05, 4.69) is 48.5 Å². The van der Waals surface area contributed by atoms with E-state index in [0.29, 0.717) is 12.8 Å². The van der Waals surface area contributed by atoms with E-state index in [9.17, 15) is 14.4 Å². The minimum atomic E-state index is -0.944. The molecule has 0 bridgehead atoms. The normalized spacial score (nSPS) is 13.2. The van der Waals surface area contributed by atoms with Crippen molar-refractivity contribution in [3.63, 3.8) is 0 Å². The van der Waals surface area contributed by atoms with E-state index in [1.807, 2.05) is 97.1 Å². The minimum Gasteiger partial charge on any atom is -0.465 e. The lowest BCUT2D eigenvalue weighted by Gasteiger charge is -2.16. The third-order valence-electron chi connectivity index (χ3n) is 12.3. The molecule has 0 saturated carbocycles. The van der Waals surface area contributed by atoms with Gasteiger partial charge in [0.05, 0.1) is 0 Å². The first-order valence-electron chi connectivity index (χ1n) is 21.0. The molecular formula is C54H42O8. The van der Waals surface area contributed by atoms with Gasteiger partial charge in [-0.25, -0.2) is 9.59 Å². The molecule has 3 aliphatic carbocycles. The second-order valence-corrected chi connectivity index (χ2v) is 15.8. The number of rotatable bonds is 12. The monoisotopic (exact) mass is 818 g/mol. The lowest BCUT2D eigenvalue weighted by atomic mass is 9.98. The summed E-state index contributed by atoms with van der Waals surface area (Å²) in [5.74, 6) is -0.656. The maximum atomic E-state index is 13.4. The van der Waals surface area contributed by atoms with Gasteiger partial charge >= 0.3 is 18.3 Å². The maximum absolute atomic E-state index is 13.4. The summed E-state index contributed by atoms with van der Waals surface area (Å²) in [5.41, 5.74) is 14.1. The molecule has 0 radical (unpaired) electrons. The molecule has 10 rings (SSSR count). The van der Waals surface area contributed by atoms with E-state index in [0.717, 1.165) is 61.2 Å². The highest BCUT2D eigenvalue weighted by Crippen LogP contribution is 2.47. The van der Waals surface area contributed by atoms with Gasteiger partial charge in [0.15, 0.2) is 11.5 Å². The number of ether oxygens (including phenoxy) is 5. The summed E-state index contributed by atoms with van der Waals surface area (Å²) < 4.78 is 28.8. The predicted octanol–water partition coefficient (Wildman–Crippen LogP) is 12.0. The van der Waals surface area contributed by atoms with Crippen LogP contribution in [0.15, 0.2) is 164 Å². The molecule has 0 aliphatic heterocycles. The minimum absolute atomic E-state index is 0.00369. The van der Waals surface area contributed by atoms with Crippen molar-refractivity contribution >= 4 is 18.3 Å². The fourth-order valence-electron chi connectivity index (χ4n) is 9.42. The Bertz CT molecular complexity index is 2710. The topological polar surface area (TPSA) is 97.4 Å². The summed E-state index contributed by atoms with van der Waals surface area (Å²) in [6.07, 6.45) is -0.743. The first-order valence-corrected chi connectivity index (χ1v) is 21.0. The van der Waals surface area contributed by atoms with Crippen LogP contribution in [0.25, 0.3) is 33.4 Å². The fourth-order valence-corrected chi connectivity index (χ4v) is 9.42. The molecule has 0 atom stereocenters. The highest BCUT2D eigenvalue weighted by Gasteiger charge is 2.32. The van der Waals surface area contributed by atoms with Gasteiger partial charge in [-0.2, -0.15) is 0 Å². The van der Waals surface area contributed by atoms with Crippen LogP contribution in [0, 0.1) is 0 Å². The molecule has 306 valence electrons. The van der Waals surface area contributed by atoms with E-state index in [-0.39, 0.29) is 61.5 Å². The fraction of sp³-hybridized carbons (Fsp3) is 0.167. The van der Waals surface area contributed by atoms with Crippen LogP contribution in [0.3, 0.4) is 0 Å². The maximum Gasteiger partial charge on any atom is 0.514 e. The Morgan fingerprint density at radius 1 is 0.387 bits per heavy atom. The third kappa shape index (κ3) is 7.49. The molecule has 62 heavy (non-hydrogen) atoms. The molecule has 7 aromatic rings. The molecule has 8 heteroatoms. The summed E-state index contributed by atoms with van der Waals surface area (Å²) in [6, 6.07) is 53.8. The van der Waals surface area contributed by atoms with E-state index in [1.54, 1.807) is 18.2 Å². The van der Waals surface area contributed by atoms with Crippen LogP contribution < -0.4 is 9.47 Å². The lowest BCUT2D eigenvalue weighted by molar-refractivity contribution is -0.144. The second kappa shape index (κ2) is 16.9. The van der Waals surface area contributed by atoms with Crippen molar-refractivity contribution in [2.45, 2.75) is 37.0 Å². The van der Waals surface area contributed by atoms with Gasteiger partial charge < -0.3 is 23.7 Å². The second-order valence-electron chi connectivity index (χ2n) is 15.8. The number of hydrogen-bond donors (Lipinski definition) is 0. The average molecular weight is 819 g/mol. The van der Waals surface area contributed by atoms with Crippen LogP contribution in [0.1, 0.15) is 69.5 Å². The number of fused-ring (bicyclic) bond motifs is 9. The van der Waals surface area contributed by atoms with Crippen LogP contribution >= 0.6 is 0 Å². The van der Waals surface area contributed by atoms with Gasteiger partial charge in [0, 0.05) is 24.2 Å². The zero-order valence-corrected chi connectivity index (χ0v) is 33.8. The molecule has 0 amide bonds. The standard InChI is InChI=1S/C54H42O8/c55-52(58-31-47-41-21-7-1-15-35(41)36-16-2-8-22-42(36)47)27-13-14-34-28-29-50(61-53(56)59-32-48-43-23-9-3-17-37(43)38-18-4-10-24-44(38)48)51(30-34)62-54(57)60-33-49-45-25-11-5-19-39(45)40-20-6-12-26-46(40)49/h1-12,15-26,28-30,47-49H,13-14,27,31-33H2. The van der Waals surface area contributed by atoms with Crippen molar-refractivity contribution in [2.75, 3.05) is 19.8 Å². The van der Waals surface area contributed by atoms with Crippen LogP contribution in [0.2, 0.25) is 0 Å². The number of carbonyl (C=O) groups excluding carboxylic acids is 3. The molecule has 0 spiro atoms. The summed E-state index contributed by atoms with van der Waals surface area (Å²) in [6.45, 7) is 0.367. The summed E-state index contributed by atoms with van der Waals surface area (Å²) in [4.78, 5) is 39.8. The van der Waals surface area contributed by atoms with Gasteiger partial charge in [0.2, 0.25) is 0 Å². The Hall–Kier alpha value is -7.45. The molecule has 8 nitrogen and oxygen atoms in total. The van der Waals surface area contributed by atoms with E-state index in [1.165, 1.54) is 11.1 Å². The molecular weight excluding hydrogens is 777 g/mol. The Morgan fingerprint density at radius 2 is 0.726 bits per heavy atom. The number of benzene rings is 7. The Morgan fingerprint density at radius 3 is 1.11 bits per heavy atom. The van der Waals surface area contributed by atoms with Crippen LogP contribution in [0.5, 0.6) is 11.5 Å². The largest absolute Gasteiger partial charge is 0.514 e. The smallest absolute Gasteiger partial charge is 0.465 e. The van der Waals surface area contributed by atoms with Crippen molar-refractivity contribution in [1.29, 1.82) is 0 Å². The Labute approximate surface area is 359 Å².